The molecule has 1 aromatic carbocycles. The van der Waals surface area contributed by atoms with Crippen molar-refractivity contribution in [2.75, 3.05) is 6.61 Å². The van der Waals surface area contributed by atoms with Gasteiger partial charge in [-0.05, 0) is 50.7 Å². The number of hydrogen-bond donors (Lipinski definition) is 1. The van der Waals surface area contributed by atoms with Crippen molar-refractivity contribution in [1.29, 1.82) is 0 Å². The average molecular weight is 561 g/mol. The van der Waals surface area contributed by atoms with Gasteiger partial charge in [-0.2, -0.15) is 0 Å². The van der Waals surface area contributed by atoms with E-state index in [0.717, 1.165) is 57.8 Å². The Kier molecular flexibility index (Phi) is 18.7. The SMILES string of the molecule is CCCCCCCCCCC[C@@H](C[C@H](OC1CCCCO1)[C@H](CCCCCC)C(=O)O)OC(=O)c1ccccc1. The quantitative estimate of drug-likeness (QED) is 0.106. The highest BCUT2D eigenvalue weighted by molar-refractivity contribution is 5.89. The molecular weight excluding hydrogens is 504 g/mol. The van der Waals surface area contributed by atoms with Gasteiger partial charge < -0.3 is 19.3 Å². The van der Waals surface area contributed by atoms with Gasteiger partial charge in [-0.1, -0.05) is 109 Å². The molecule has 1 aliphatic heterocycles. The van der Waals surface area contributed by atoms with Crippen molar-refractivity contribution < 1.29 is 28.9 Å². The lowest BCUT2D eigenvalue weighted by Crippen LogP contribution is -2.39. The monoisotopic (exact) mass is 560 g/mol. The molecular formula is C34H56O6. The lowest BCUT2D eigenvalue weighted by molar-refractivity contribution is -0.207. The second kappa shape index (κ2) is 21.8. The van der Waals surface area contributed by atoms with Gasteiger partial charge in [0.15, 0.2) is 6.29 Å². The lowest BCUT2D eigenvalue weighted by Gasteiger charge is -2.33. The number of hydrogen-bond acceptors (Lipinski definition) is 5. The molecule has 1 saturated heterocycles. The topological polar surface area (TPSA) is 82.1 Å². The molecule has 1 heterocycles. The molecule has 2 rings (SSSR count). The Morgan fingerprint density at radius 1 is 0.850 bits per heavy atom. The van der Waals surface area contributed by atoms with Crippen LogP contribution in [0.25, 0.3) is 0 Å². The van der Waals surface area contributed by atoms with E-state index in [1.807, 2.05) is 18.2 Å². The Hall–Kier alpha value is -1.92. The molecule has 1 aromatic rings. The first kappa shape index (κ1) is 34.3. The molecule has 1 fully saturated rings. The van der Waals surface area contributed by atoms with Gasteiger partial charge in [0, 0.05) is 13.0 Å². The summed E-state index contributed by atoms with van der Waals surface area (Å²) >= 11 is 0. The number of benzene rings is 1. The second-order valence-corrected chi connectivity index (χ2v) is 11.5. The molecule has 0 aromatic heterocycles. The number of carbonyl (C=O) groups excluding carboxylic acids is 1. The number of carboxylic acid groups (broad SMARTS) is 1. The molecule has 0 aliphatic carbocycles. The molecule has 0 saturated carbocycles. The summed E-state index contributed by atoms with van der Waals surface area (Å²) in [5.74, 6) is -1.85. The molecule has 1 aliphatic rings. The van der Waals surface area contributed by atoms with Crippen LogP contribution in [-0.4, -0.2) is 42.1 Å². The lowest BCUT2D eigenvalue weighted by atomic mass is 9.90. The fourth-order valence-electron chi connectivity index (χ4n) is 5.55. The third kappa shape index (κ3) is 14.6. The van der Waals surface area contributed by atoms with Crippen molar-refractivity contribution >= 4 is 11.9 Å². The standard InChI is InChI=1S/C34H56O6/c1-3-5-7-9-10-11-12-13-17-23-29(39-34(37)28-21-15-14-16-22-28)27-31(40-32-25-19-20-26-38-32)30(33(35)36)24-18-8-6-4-2/h14-16,21-22,29-32H,3-13,17-20,23-27H2,1-2H3,(H,35,36)/t29-,30-,31-,32?/m0/s1. The van der Waals surface area contributed by atoms with Gasteiger partial charge in [-0.15, -0.1) is 0 Å². The van der Waals surface area contributed by atoms with Crippen LogP contribution in [0.1, 0.15) is 146 Å². The molecule has 4 atom stereocenters. The first-order valence-electron chi connectivity index (χ1n) is 16.3. The van der Waals surface area contributed by atoms with E-state index in [1.165, 1.54) is 44.9 Å². The Morgan fingerprint density at radius 3 is 2.05 bits per heavy atom. The van der Waals surface area contributed by atoms with Gasteiger partial charge >= 0.3 is 11.9 Å². The predicted molar refractivity (Wildman–Crippen MR) is 160 cm³/mol. The van der Waals surface area contributed by atoms with Crippen LogP contribution in [0.4, 0.5) is 0 Å². The highest BCUT2D eigenvalue weighted by atomic mass is 16.7. The molecule has 0 amide bonds. The minimum Gasteiger partial charge on any atom is -0.481 e. The van der Waals surface area contributed by atoms with Gasteiger partial charge in [0.25, 0.3) is 0 Å². The number of unbranched alkanes of at least 4 members (excludes halogenated alkanes) is 11. The Labute approximate surface area is 243 Å². The van der Waals surface area contributed by atoms with Gasteiger partial charge in [-0.3, -0.25) is 4.79 Å². The predicted octanol–water partition coefficient (Wildman–Crippen LogP) is 9.11. The zero-order valence-electron chi connectivity index (χ0n) is 25.3. The van der Waals surface area contributed by atoms with Crippen LogP contribution < -0.4 is 0 Å². The van der Waals surface area contributed by atoms with Crippen molar-refractivity contribution in [1.82, 2.24) is 0 Å². The fourth-order valence-corrected chi connectivity index (χ4v) is 5.55. The zero-order valence-corrected chi connectivity index (χ0v) is 25.3. The minimum atomic E-state index is -0.839. The summed E-state index contributed by atoms with van der Waals surface area (Å²) in [7, 11) is 0. The Balaban J connectivity index is 2.06. The summed E-state index contributed by atoms with van der Waals surface area (Å²) < 4.78 is 18.3. The summed E-state index contributed by atoms with van der Waals surface area (Å²) in [6, 6.07) is 9.05. The zero-order chi connectivity index (χ0) is 28.8. The van der Waals surface area contributed by atoms with E-state index in [-0.39, 0.29) is 5.97 Å². The number of carbonyl (C=O) groups is 2. The summed E-state index contributed by atoms with van der Waals surface area (Å²) in [4.78, 5) is 25.5. The van der Waals surface area contributed by atoms with E-state index in [2.05, 4.69) is 13.8 Å². The van der Waals surface area contributed by atoms with E-state index in [0.29, 0.717) is 31.4 Å². The van der Waals surface area contributed by atoms with E-state index < -0.39 is 30.4 Å². The first-order valence-corrected chi connectivity index (χ1v) is 16.3. The molecule has 0 radical (unpaired) electrons. The number of rotatable bonds is 23. The van der Waals surface area contributed by atoms with Gasteiger partial charge in [0.05, 0.1) is 17.6 Å². The Morgan fingerprint density at radius 2 is 1.45 bits per heavy atom. The van der Waals surface area contributed by atoms with Gasteiger partial charge in [0.2, 0.25) is 0 Å². The summed E-state index contributed by atoms with van der Waals surface area (Å²) in [6.07, 6.45) is 18.1. The normalized spacial score (nSPS) is 17.7. The van der Waals surface area contributed by atoms with Crippen LogP contribution in [0.3, 0.4) is 0 Å². The van der Waals surface area contributed by atoms with Gasteiger partial charge in [0.1, 0.15) is 6.10 Å². The van der Waals surface area contributed by atoms with Crippen LogP contribution in [0.2, 0.25) is 0 Å². The maximum atomic E-state index is 13.0. The minimum absolute atomic E-state index is 0.357. The molecule has 0 spiro atoms. The summed E-state index contributed by atoms with van der Waals surface area (Å²) in [5.41, 5.74) is 0.516. The van der Waals surface area contributed by atoms with Crippen LogP contribution >= 0.6 is 0 Å². The van der Waals surface area contributed by atoms with E-state index in [4.69, 9.17) is 14.2 Å². The van der Waals surface area contributed by atoms with Crippen molar-refractivity contribution in [3.8, 4) is 0 Å². The van der Waals surface area contributed by atoms with E-state index >= 15 is 0 Å². The number of ether oxygens (including phenoxy) is 3. The molecule has 228 valence electrons. The van der Waals surface area contributed by atoms with Crippen molar-refractivity contribution in [3.05, 3.63) is 35.9 Å². The Bertz CT molecular complexity index is 776. The highest BCUT2D eigenvalue weighted by Gasteiger charge is 2.34. The van der Waals surface area contributed by atoms with E-state index in [1.54, 1.807) is 12.1 Å². The first-order chi connectivity index (χ1) is 19.5. The fraction of sp³-hybridized carbons (Fsp3) is 0.765. The molecule has 0 bridgehead atoms. The molecule has 1 unspecified atom stereocenters. The molecule has 1 N–H and O–H groups in total. The average Bonchev–Trinajstić information content (AvgIpc) is 2.96. The smallest absolute Gasteiger partial charge is 0.338 e. The third-order valence-corrected chi connectivity index (χ3v) is 8.01. The highest BCUT2D eigenvalue weighted by Crippen LogP contribution is 2.28. The van der Waals surface area contributed by atoms with Crippen molar-refractivity contribution in [2.45, 2.75) is 154 Å². The van der Waals surface area contributed by atoms with Crippen LogP contribution in [0, 0.1) is 5.92 Å². The summed E-state index contributed by atoms with van der Waals surface area (Å²) in [6.45, 7) is 5.03. The maximum Gasteiger partial charge on any atom is 0.338 e. The van der Waals surface area contributed by atoms with Crippen LogP contribution in [0.15, 0.2) is 30.3 Å². The number of aliphatic carboxylic acids is 1. The molecule has 6 nitrogen and oxygen atoms in total. The van der Waals surface area contributed by atoms with Crippen molar-refractivity contribution in [3.63, 3.8) is 0 Å². The molecule has 40 heavy (non-hydrogen) atoms. The number of esters is 1. The maximum absolute atomic E-state index is 13.0. The van der Waals surface area contributed by atoms with Crippen LogP contribution in [0.5, 0.6) is 0 Å². The number of carboxylic acids is 1. The summed E-state index contributed by atoms with van der Waals surface area (Å²) in [5, 5.41) is 10.2. The largest absolute Gasteiger partial charge is 0.481 e. The second-order valence-electron chi connectivity index (χ2n) is 11.5. The molecule has 6 heteroatoms. The van der Waals surface area contributed by atoms with Crippen LogP contribution in [-0.2, 0) is 19.0 Å². The third-order valence-electron chi connectivity index (χ3n) is 8.01. The van der Waals surface area contributed by atoms with Gasteiger partial charge in [-0.25, -0.2) is 4.79 Å². The van der Waals surface area contributed by atoms with Crippen molar-refractivity contribution in [2.24, 2.45) is 5.92 Å². The van der Waals surface area contributed by atoms with E-state index in [9.17, 15) is 14.7 Å².